The summed E-state index contributed by atoms with van der Waals surface area (Å²) in [6.07, 6.45) is 0.313. The number of rotatable bonds is 6. The van der Waals surface area contributed by atoms with Crippen molar-refractivity contribution < 1.29 is 33.1 Å². The molecule has 0 atom stereocenters. The number of halogens is 1. The number of hydrogen-bond acceptors (Lipinski definition) is 7. The molecule has 1 aromatic rings. The van der Waals surface area contributed by atoms with Crippen molar-refractivity contribution >= 4 is 17.9 Å². The number of nitro benzene ring substituents is 1. The van der Waals surface area contributed by atoms with Gasteiger partial charge in [0.1, 0.15) is 19.0 Å². The summed E-state index contributed by atoms with van der Waals surface area (Å²) in [5.41, 5.74) is -0.967. The highest BCUT2D eigenvalue weighted by molar-refractivity contribution is 5.80. The Morgan fingerprint density at radius 2 is 1.95 bits per heavy atom. The minimum absolute atomic E-state index is 0.0771. The van der Waals surface area contributed by atoms with E-state index in [-0.39, 0.29) is 24.5 Å². The minimum Gasteiger partial charge on any atom is -0.489 e. The quantitative estimate of drug-likeness (QED) is 0.259. The average Bonchev–Trinajstić information content (AvgIpc) is 2.44. The Hall–Kier alpha value is -2.55. The summed E-state index contributed by atoms with van der Waals surface area (Å²) in [7, 11) is 3.25. The monoisotopic (exact) mass is 317 g/mol. The standard InChI is InChI=1S/C11H10FNO6.C2H6O/c1-7(15)18-2-3-19-11-5-9(12)10(13(16)17)4-8(11)6-14;1-3-2/h4-6H,2-3H2,1H3;1-2H3. The normalized spacial score (nSPS) is 9.27. The lowest BCUT2D eigenvalue weighted by Crippen LogP contribution is -2.10. The van der Waals surface area contributed by atoms with Crippen LogP contribution >= 0.6 is 0 Å². The zero-order valence-corrected chi connectivity index (χ0v) is 12.3. The predicted octanol–water partition coefficient (Wildman–Crippen LogP) is 1.75. The molecule has 1 aromatic carbocycles. The van der Waals surface area contributed by atoms with Crippen molar-refractivity contribution in [1.29, 1.82) is 0 Å². The van der Waals surface area contributed by atoms with Crippen LogP contribution in [0.5, 0.6) is 5.75 Å². The van der Waals surface area contributed by atoms with Gasteiger partial charge in [0.25, 0.3) is 0 Å². The van der Waals surface area contributed by atoms with Gasteiger partial charge in [-0.1, -0.05) is 0 Å². The fourth-order valence-electron chi connectivity index (χ4n) is 1.25. The molecule has 0 aliphatic heterocycles. The molecular weight excluding hydrogens is 301 g/mol. The first-order valence-corrected chi connectivity index (χ1v) is 5.96. The number of ether oxygens (including phenoxy) is 3. The van der Waals surface area contributed by atoms with Gasteiger partial charge in [-0.25, -0.2) is 0 Å². The van der Waals surface area contributed by atoms with E-state index in [9.17, 15) is 24.1 Å². The molecule has 0 spiro atoms. The van der Waals surface area contributed by atoms with Crippen LogP contribution < -0.4 is 4.74 Å². The first-order valence-electron chi connectivity index (χ1n) is 5.96. The lowest BCUT2D eigenvalue weighted by Gasteiger charge is -2.08. The molecule has 0 unspecified atom stereocenters. The number of carbonyl (C=O) groups excluding carboxylic acids is 2. The van der Waals surface area contributed by atoms with Crippen molar-refractivity contribution in [2.75, 3.05) is 27.4 Å². The summed E-state index contributed by atoms with van der Waals surface area (Å²) < 4.78 is 27.2. The second-order valence-electron chi connectivity index (χ2n) is 3.81. The van der Waals surface area contributed by atoms with Gasteiger partial charge in [0, 0.05) is 33.3 Å². The Kier molecular flexibility index (Phi) is 9.03. The summed E-state index contributed by atoms with van der Waals surface area (Å²) in [5.74, 6) is -1.77. The van der Waals surface area contributed by atoms with E-state index in [1.165, 1.54) is 6.92 Å². The summed E-state index contributed by atoms with van der Waals surface area (Å²) in [6.45, 7) is 1.03. The van der Waals surface area contributed by atoms with Gasteiger partial charge in [0.2, 0.25) is 5.82 Å². The average molecular weight is 317 g/mol. The lowest BCUT2D eigenvalue weighted by atomic mass is 10.2. The lowest BCUT2D eigenvalue weighted by molar-refractivity contribution is -0.387. The second kappa shape index (κ2) is 10.2. The molecule has 0 saturated heterocycles. The van der Waals surface area contributed by atoms with E-state index in [1.807, 2.05) is 0 Å². The van der Waals surface area contributed by atoms with Crippen molar-refractivity contribution in [1.82, 2.24) is 0 Å². The molecule has 8 nitrogen and oxygen atoms in total. The number of hydrogen-bond donors (Lipinski definition) is 0. The van der Waals surface area contributed by atoms with E-state index in [0.717, 1.165) is 12.1 Å². The van der Waals surface area contributed by atoms with Gasteiger partial charge >= 0.3 is 11.7 Å². The third-order valence-corrected chi connectivity index (χ3v) is 2.05. The van der Waals surface area contributed by atoms with Crippen LogP contribution in [0.15, 0.2) is 12.1 Å². The van der Waals surface area contributed by atoms with Crippen LogP contribution in [0.1, 0.15) is 17.3 Å². The molecule has 0 bridgehead atoms. The number of nitrogens with zero attached hydrogens (tertiary/aromatic N) is 1. The van der Waals surface area contributed by atoms with E-state index in [2.05, 4.69) is 9.47 Å². The van der Waals surface area contributed by atoms with Crippen molar-refractivity contribution in [3.63, 3.8) is 0 Å². The van der Waals surface area contributed by atoms with Gasteiger partial charge in [-0.15, -0.1) is 0 Å². The van der Waals surface area contributed by atoms with Gasteiger partial charge in [-0.3, -0.25) is 19.7 Å². The number of nitro groups is 1. The summed E-state index contributed by atoms with van der Waals surface area (Å²) >= 11 is 0. The summed E-state index contributed by atoms with van der Waals surface area (Å²) in [6, 6.07) is 1.53. The third kappa shape index (κ3) is 6.75. The molecule has 1 rings (SSSR count). The minimum atomic E-state index is -1.11. The molecule has 0 saturated carbocycles. The van der Waals surface area contributed by atoms with Crippen molar-refractivity contribution in [2.45, 2.75) is 6.92 Å². The first kappa shape index (κ1) is 19.4. The van der Waals surface area contributed by atoms with Crippen LogP contribution in [0.2, 0.25) is 0 Å². The molecule has 0 amide bonds. The van der Waals surface area contributed by atoms with Crippen LogP contribution in [0.25, 0.3) is 0 Å². The van der Waals surface area contributed by atoms with Crippen molar-refractivity contribution in [3.05, 3.63) is 33.6 Å². The van der Waals surface area contributed by atoms with E-state index in [0.29, 0.717) is 6.29 Å². The van der Waals surface area contributed by atoms with Gasteiger partial charge in [-0.2, -0.15) is 4.39 Å². The van der Waals surface area contributed by atoms with Crippen molar-refractivity contribution in [3.8, 4) is 5.75 Å². The largest absolute Gasteiger partial charge is 0.489 e. The smallest absolute Gasteiger partial charge is 0.305 e. The highest BCUT2D eigenvalue weighted by atomic mass is 19.1. The molecule has 122 valence electrons. The summed E-state index contributed by atoms with van der Waals surface area (Å²) in [4.78, 5) is 30.8. The Labute approximate surface area is 125 Å². The maximum Gasteiger partial charge on any atom is 0.305 e. The number of esters is 1. The van der Waals surface area contributed by atoms with E-state index in [4.69, 9.17) is 4.74 Å². The summed E-state index contributed by atoms with van der Waals surface area (Å²) in [5, 5.41) is 10.5. The van der Waals surface area contributed by atoms with E-state index in [1.54, 1.807) is 14.2 Å². The highest BCUT2D eigenvalue weighted by Gasteiger charge is 2.18. The van der Waals surface area contributed by atoms with E-state index >= 15 is 0 Å². The molecule has 0 aliphatic carbocycles. The predicted molar refractivity (Wildman–Crippen MR) is 73.5 cm³/mol. The third-order valence-electron chi connectivity index (χ3n) is 2.05. The zero-order chi connectivity index (χ0) is 17.1. The number of aldehydes is 1. The van der Waals surface area contributed by atoms with Crippen LogP contribution in [-0.4, -0.2) is 44.6 Å². The number of carbonyl (C=O) groups is 2. The number of benzene rings is 1. The highest BCUT2D eigenvalue weighted by Crippen LogP contribution is 2.26. The molecule has 0 aliphatic rings. The molecule has 0 heterocycles. The first-order chi connectivity index (χ1) is 10.4. The molecule has 9 heteroatoms. The maximum atomic E-state index is 13.3. The Bertz CT molecular complexity index is 533. The van der Waals surface area contributed by atoms with Crippen LogP contribution in [0, 0.1) is 15.9 Å². The molecule has 0 aromatic heterocycles. The number of methoxy groups -OCH3 is 1. The second-order valence-corrected chi connectivity index (χ2v) is 3.81. The van der Waals surface area contributed by atoms with Crippen molar-refractivity contribution in [2.24, 2.45) is 0 Å². The SMILES string of the molecule is CC(=O)OCCOc1cc(F)c([N+](=O)[O-])cc1C=O.COC. The zero-order valence-electron chi connectivity index (χ0n) is 12.3. The van der Waals surface area contributed by atoms with Crippen LogP contribution in [0.4, 0.5) is 10.1 Å². The van der Waals surface area contributed by atoms with Crippen LogP contribution in [0.3, 0.4) is 0 Å². The molecular formula is C13H16FNO7. The Balaban J connectivity index is 0.00000135. The van der Waals surface area contributed by atoms with E-state index < -0.39 is 22.4 Å². The Morgan fingerprint density at radius 1 is 1.36 bits per heavy atom. The van der Waals surface area contributed by atoms with Gasteiger partial charge in [0.05, 0.1) is 10.5 Å². The molecule has 22 heavy (non-hydrogen) atoms. The fourth-order valence-corrected chi connectivity index (χ4v) is 1.25. The fraction of sp³-hybridized carbons (Fsp3) is 0.385. The van der Waals surface area contributed by atoms with Gasteiger partial charge < -0.3 is 14.2 Å². The maximum absolute atomic E-state index is 13.3. The van der Waals surface area contributed by atoms with Crippen LogP contribution in [-0.2, 0) is 14.3 Å². The molecule has 0 radical (unpaired) electrons. The van der Waals surface area contributed by atoms with Gasteiger partial charge in [0.15, 0.2) is 6.29 Å². The van der Waals surface area contributed by atoms with Gasteiger partial charge in [-0.05, 0) is 0 Å². The molecule has 0 fully saturated rings. The Morgan fingerprint density at radius 3 is 2.41 bits per heavy atom. The molecule has 0 N–H and O–H groups in total. The topological polar surface area (TPSA) is 105 Å².